The Morgan fingerprint density at radius 1 is 1.07 bits per heavy atom. The van der Waals surface area contributed by atoms with Gasteiger partial charge in [-0.25, -0.2) is 0 Å². The highest BCUT2D eigenvalue weighted by Crippen LogP contribution is 2.19. The van der Waals surface area contributed by atoms with Crippen LogP contribution in [0.4, 0.5) is 13.2 Å². The van der Waals surface area contributed by atoms with Gasteiger partial charge in [-0.3, -0.25) is 4.79 Å². The molecule has 152 valence electrons. The number of halogens is 3. The van der Waals surface area contributed by atoms with Gasteiger partial charge in [0.2, 0.25) is 0 Å². The predicted octanol–water partition coefficient (Wildman–Crippen LogP) is 4.45. The maximum absolute atomic E-state index is 12.2. The van der Waals surface area contributed by atoms with Gasteiger partial charge in [-0.1, -0.05) is 31.2 Å². The molecule has 0 spiro atoms. The molecule has 2 N–H and O–H groups in total. The molecule has 0 heterocycles. The Balaban J connectivity index is 1.88. The molecule has 1 amide bonds. The summed E-state index contributed by atoms with van der Waals surface area (Å²) in [5, 5.41) is 6.16. The van der Waals surface area contributed by atoms with E-state index >= 15 is 0 Å². The number of nitrogens with one attached hydrogen (secondary N) is 2. The number of benzene rings is 2. The lowest BCUT2D eigenvalue weighted by Gasteiger charge is -2.12. The number of alkyl halides is 3. The largest absolute Gasteiger partial charge is 0.484 e. The molecule has 0 saturated carbocycles. The Morgan fingerprint density at radius 3 is 2.36 bits per heavy atom. The summed E-state index contributed by atoms with van der Waals surface area (Å²) >= 11 is 0. The summed E-state index contributed by atoms with van der Waals surface area (Å²) in [5.41, 5.74) is 2.36. The molecule has 0 aliphatic rings. The Morgan fingerprint density at radius 2 is 1.71 bits per heavy atom. The molecule has 0 radical (unpaired) electrons. The van der Waals surface area contributed by atoms with E-state index in [1.807, 2.05) is 38.1 Å². The van der Waals surface area contributed by atoms with Crippen LogP contribution in [0, 0.1) is 0 Å². The van der Waals surface area contributed by atoms with Gasteiger partial charge in [0.1, 0.15) is 5.75 Å². The van der Waals surface area contributed by atoms with Crippen molar-refractivity contribution in [3.8, 4) is 5.75 Å². The first-order valence-electron chi connectivity index (χ1n) is 9.16. The minimum atomic E-state index is -4.36. The number of carbonyl (C=O) groups is 1. The van der Waals surface area contributed by atoms with Gasteiger partial charge >= 0.3 is 6.18 Å². The third-order valence-corrected chi connectivity index (χ3v) is 4.14. The molecule has 0 aliphatic heterocycles. The van der Waals surface area contributed by atoms with Gasteiger partial charge < -0.3 is 15.4 Å². The minimum absolute atomic E-state index is 0.106. The Hall–Kier alpha value is -2.54. The van der Waals surface area contributed by atoms with E-state index < -0.39 is 12.8 Å². The van der Waals surface area contributed by atoms with E-state index in [0.717, 1.165) is 17.5 Å². The van der Waals surface area contributed by atoms with E-state index in [-0.39, 0.29) is 17.7 Å². The first kappa shape index (κ1) is 21.8. The van der Waals surface area contributed by atoms with Crippen molar-refractivity contribution in [3.05, 3.63) is 65.2 Å². The summed E-state index contributed by atoms with van der Waals surface area (Å²) in [6, 6.07) is 14.0. The van der Waals surface area contributed by atoms with Crippen LogP contribution in [-0.2, 0) is 13.1 Å². The lowest BCUT2D eigenvalue weighted by Crippen LogP contribution is -2.32. The van der Waals surface area contributed by atoms with Crippen LogP contribution < -0.4 is 15.4 Å². The zero-order chi connectivity index (χ0) is 20.6. The molecule has 2 aromatic carbocycles. The highest BCUT2D eigenvalue weighted by Gasteiger charge is 2.28. The first-order valence-corrected chi connectivity index (χ1v) is 9.16. The Labute approximate surface area is 163 Å². The maximum Gasteiger partial charge on any atom is 0.422 e. The monoisotopic (exact) mass is 394 g/mol. The van der Waals surface area contributed by atoms with Crippen LogP contribution in [0.2, 0.25) is 0 Å². The van der Waals surface area contributed by atoms with Gasteiger partial charge in [0.25, 0.3) is 5.91 Å². The van der Waals surface area contributed by atoms with Crippen molar-refractivity contribution in [2.24, 2.45) is 0 Å². The van der Waals surface area contributed by atoms with Gasteiger partial charge in [-0.15, -0.1) is 0 Å². The van der Waals surface area contributed by atoms with Crippen molar-refractivity contribution < 1.29 is 22.7 Å². The van der Waals surface area contributed by atoms with Crippen molar-refractivity contribution in [1.82, 2.24) is 10.6 Å². The zero-order valence-corrected chi connectivity index (χ0v) is 16.0. The number of amides is 1. The molecule has 2 aromatic rings. The molecule has 0 aliphatic carbocycles. The fourth-order valence-corrected chi connectivity index (χ4v) is 2.49. The average molecular weight is 394 g/mol. The van der Waals surface area contributed by atoms with Crippen molar-refractivity contribution >= 4 is 5.91 Å². The van der Waals surface area contributed by atoms with Gasteiger partial charge in [0.15, 0.2) is 6.61 Å². The lowest BCUT2D eigenvalue weighted by atomic mass is 10.1. The van der Waals surface area contributed by atoms with E-state index in [0.29, 0.717) is 18.7 Å². The summed E-state index contributed by atoms with van der Waals surface area (Å²) in [7, 11) is 0. The summed E-state index contributed by atoms with van der Waals surface area (Å²) < 4.78 is 41.5. The average Bonchev–Trinajstić information content (AvgIpc) is 2.66. The summed E-state index contributed by atoms with van der Waals surface area (Å²) in [6.07, 6.45) is -3.50. The zero-order valence-electron chi connectivity index (χ0n) is 16.0. The number of hydrogen-bond acceptors (Lipinski definition) is 3. The molecule has 28 heavy (non-hydrogen) atoms. The first-order chi connectivity index (χ1) is 13.3. The topological polar surface area (TPSA) is 50.4 Å². The Kier molecular flexibility index (Phi) is 7.87. The highest BCUT2D eigenvalue weighted by atomic mass is 19.4. The van der Waals surface area contributed by atoms with Crippen LogP contribution in [0.1, 0.15) is 41.8 Å². The van der Waals surface area contributed by atoms with Gasteiger partial charge in [-0.2, -0.15) is 13.2 Å². The minimum Gasteiger partial charge on any atom is -0.484 e. The SMILES string of the molecule is CCC(C)NC(=O)c1cccc(CNCc2cccc(OCC(F)(F)F)c2)c1. The molecule has 1 atom stereocenters. The van der Waals surface area contributed by atoms with Gasteiger partial charge in [-0.05, 0) is 48.7 Å². The van der Waals surface area contributed by atoms with Crippen molar-refractivity contribution in [2.75, 3.05) is 6.61 Å². The third kappa shape index (κ3) is 7.60. The van der Waals surface area contributed by atoms with E-state index in [4.69, 9.17) is 4.74 Å². The molecule has 0 bridgehead atoms. The lowest BCUT2D eigenvalue weighted by molar-refractivity contribution is -0.153. The quantitative estimate of drug-likeness (QED) is 0.661. The second-order valence-corrected chi connectivity index (χ2v) is 6.64. The second kappa shape index (κ2) is 10.1. The fourth-order valence-electron chi connectivity index (χ4n) is 2.49. The Bertz CT molecular complexity index is 778. The van der Waals surface area contributed by atoms with Crippen LogP contribution in [0.5, 0.6) is 5.75 Å². The molecule has 7 heteroatoms. The predicted molar refractivity (Wildman–Crippen MR) is 102 cm³/mol. The number of ether oxygens (including phenoxy) is 1. The normalized spacial score (nSPS) is 12.5. The molecule has 1 unspecified atom stereocenters. The van der Waals surface area contributed by atoms with Crippen LogP contribution in [0.3, 0.4) is 0 Å². The standard InChI is InChI=1S/C21H25F3N2O2/c1-3-15(2)26-20(27)18-8-4-6-16(10-18)12-25-13-17-7-5-9-19(11-17)28-14-21(22,23)24/h4-11,15,25H,3,12-14H2,1-2H3,(H,26,27). The van der Waals surface area contributed by atoms with Crippen LogP contribution in [0.15, 0.2) is 48.5 Å². The number of rotatable bonds is 9. The van der Waals surface area contributed by atoms with E-state index in [1.165, 1.54) is 6.07 Å². The van der Waals surface area contributed by atoms with E-state index in [1.54, 1.807) is 18.2 Å². The van der Waals surface area contributed by atoms with E-state index in [9.17, 15) is 18.0 Å². The molecule has 4 nitrogen and oxygen atoms in total. The summed E-state index contributed by atoms with van der Waals surface area (Å²) in [6.45, 7) is 3.64. The van der Waals surface area contributed by atoms with Crippen molar-refractivity contribution in [2.45, 2.75) is 45.6 Å². The van der Waals surface area contributed by atoms with Crippen LogP contribution >= 0.6 is 0 Å². The van der Waals surface area contributed by atoms with Crippen molar-refractivity contribution in [1.29, 1.82) is 0 Å². The molecule has 0 fully saturated rings. The van der Waals surface area contributed by atoms with Crippen LogP contribution in [-0.4, -0.2) is 24.7 Å². The van der Waals surface area contributed by atoms with Crippen LogP contribution in [0.25, 0.3) is 0 Å². The molecule has 2 rings (SSSR count). The third-order valence-electron chi connectivity index (χ3n) is 4.14. The highest BCUT2D eigenvalue weighted by molar-refractivity contribution is 5.94. The van der Waals surface area contributed by atoms with Gasteiger partial charge in [0, 0.05) is 24.7 Å². The smallest absolute Gasteiger partial charge is 0.422 e. The molecular formula is C21H25F3N2O2. The number of carbonyl (C=O) groups excluding carboxylic acids is 1. The summed E-state index contributed by atoms with van der Waals surface area (Å²) in [4.78, 5) is 12.2. The number of hydrogen-bond donors (Lipinski definition) is 2. The van der Waals surface area contributed by atoms with Crippen molar-refractivity contribution in [3.63, 3.8) is 0 Å². The second-order valence-electron chi connectivity index (χ2n) is 6.64. The molecular weight excluding hydrogens is 369 g/mol. The van der Waals surface area contributed by atoms with Gasteiger partial charge in [0.05, 0.1) is 0 Å². The molecule has 0 aromatic heterocycles. The fraction of sp³-hybridized carbons (Fsp3) is 0.381. The van der Waals surface area contributed by atoms with E-state index in [2.05, 4.69) is 10.6 Å². The maximum atomic E-state index is 12.2. The summed E-state index contributed by atoms with van der Waals surface area (Å²) in [5.74, 6) is 0.0750. The molecule has 0 saturated heterocycles.